The highest BCUT2D eigenvalue weighted by atomic mass is 16.3. The molecule has 0 bridgehead atoms. The van der Waals surface area contributed by atoms with Crippen molar-refractivity contribution in [2.24, 2.45) is 0 Å². The lowest BCUT2D eigenvalue weighted by atomic mass is 10.0. The standard InChI is InChI=1S/C14H22N2O2/c1-3-13(11-12-7-5-4-6-8-12)15-14(18)16(2)9-10-17/h4-8,13,17H,3,9-11H2,1-2H3,(H,15,18). The number of likely N-dealkylation sites (N-methyl/N-ethyl adjacent to an activating group) is 1. The summed E-state index contributed by atoms with van der Waals surface area (Å²) in [4.78, 5) is 13.3. The largest absolute Gasteiger partial charge is 0.395 e. The van der Waals surface area contributed by atoms with E-state index >= 15 is 0 Å². The number of carbonyl (C=O) groups excluding carboxylic acids is 1. The molecule has 0 saturated carbocycles. The lowest BCUT2D eigenvalue weighted by Gasteiger charge is -2.22. The van der Waals surface area contributed by atoms with E-state index in [1.165, 1.54) is 10.5 Å². The second-order valence-electron chi connectivity index (χ2n) is 4.39. The normalized spacial score (nSPS) is 11.9. The Labute approximate surface area is 109 Å². The van der Waals surface area contributed by atoms with Gasteiger partial charge in [-0.3, -0.25) is 0 Å². The average molecular weight is 250 g/mol. The Balaban J connectivity index is 2.49. The van der Waals surface area contributed by atoms with Gasteiger partial charge in [0.2, 0.25) is 0 Å². The van der Waals surface area contributed by atoms with Crippen molar-refractivity contribution < 1.29 is 9.90 Å². The summed E-state index contributed by atoms with van der Waals surface area (Å²) in [5.74, 6) is 0. The number of hydrogen-bond acceptors (Lipinski definition) is 2. The van der Waals surface area contributed by atoms with Crippen LogP contribution in [0.3, 0.4) is 0 Å². The highest BCUT2D eigenvalue weighted by Gasteiger charge is 2.13. The molecule has 1 aromatic carbocycles. The fourth-order valence-corrected chi connectivity index (χ4v) is 1.73. The molecule has 0 fully saturated rings. The monoisotopic (exact) mass is 250 g/mol. The number of nitrogens with one attached hydrogen (secondary N) is 1. The zero-order valence-electron chi connectivity index (χ0n) is 11.1. The summed E-state index contributed by atoms with van der Waals surface area (Å²) in [6.45, 7) is 2.40. The average Bonchev–Trinajstić information content (AvgIpc) is 2.39. The number of benzene rings is 1. The minimum atomic E-state index is -0.133. The summed E-state index contributed by atoms with van der Waals surface area (Å²) in [7, 11) is 1.68. The topological polar surface area (TPSA) is 52.6 Å². The summed E-state index contributed by atoms with van der Waals surface area (Å²) in [5.41, 5.74) is 1.22. The van der Waals surface area contributed by atoms with Gasteiger partial charge in [0.05, 0.1) is 6.61 Å². The lowest BCUT2D eigenvalue weighted by molar-refractivity contribution is 0.186. The number of carbonyl (C=O) groups is 1. The van der Waals surface area contributed by atoms with Gasteiger partial charge >= 0.3 is 6.03 Å². The van der Waals surface area contributed by atoms with E-state index in [0.29, 0.717) is 6.54 Å². The Kier molecular flexibility index (Phi) is 6.22. The fraction of sp³-hybridized carbons (Fsp3) is 0.500. The Morgan fingerprint density at radius 1 is 1.39 bits per heavy atom. The molecular formula is C14H22N2O2. The van der Waals surface area contributed by atoms with Crippen molar-refractivity contribution in [3.8, 4) is 0 Å². The number of amides is 2. The van der Waals surface area contributed by atoms with Gasteiger partial charge in [0.15, 0.2) is 0 Å². The van der Waals surface area contributed by atoms with Crippen molar-refractivity contribution in [1.29, 1.82) is 0 Å². The SMILES string of the molecule is CCC(Cc1ccccc1)NC(=O)N(C)CCO. The van der Waals surface area contributed by atoms with E-state index in [-0.39, 0.29) is 18.7 Å². The Hall–Kier alpha value is -1.55. The highest BCUT2D eigenvalue weighted by Crippen LogP contribution is 2.06. The third kappa shape index (κ3) is 4.75. The zero-order valence-corrected chi connectivity index (χ0v) is 11.1. The smallest absolute Gasteiger partial charge is 0.317 e. The van der Waals surface area contributed by atoms with E-state index < -0.39 is 0 Å². The van der Waals surface area contributed by atoms with Crippen molar-refractivity contribution in [1.82, 2.24) is 10.2 Å². The Morgan fingerprint density at radius 3 is 2.61 bits per heavy atom. The van der Waals surface area contributed by atoms with Crippen LogP contribution in [0.5, 0.6) is 0 Å². The van der Waals surface area contributed by atoms with Crippen LogP contribution in [0, 0.1) is 0 Å². The molecule has 1 unspecified atom stereocenters. The van der Waals surface area contributed by atoms with E-state index in [1.54, 1.807) is 7.05 Å². The number of urea groups is 1. The maximum atomic E-state index is 11.8. The number of rotatable bonds is 6. The molecule has 0 aromatic heterocycles. The third-order valence-electron chi connectivity index (χ3n) is 2.93. The highest BCUT2D eigenvalue weighted by molar-refractivity contribution is 5.74. The van der Waals surface area contributed by atoms with Crippen LogP contribution in [0.25, 0.3) is 0 Å². The molecule has 0 saturated heterocycles. The van der Waals surface area contributed by atoms with Gasteiger partial charge in [-0.2, -0.15) is 0 Å². The van der Waals surface area contributed by atoms with Gasteiger partial charge < -0.3 is 15.3 Å². The van der Waals surface area contributed by atoms with Crippen LogP contribution < -0.4 is 5.32 Å². The molecule has 0 aliphatic heterocycles. The van der Waals surface area contributed by atoms with Gasteiger partial charge in [-0.25, -0.2) is 4.79 Å². The number of nitrogens with zero attached hydrogens (tertiary/aromatic N) is 1. The molecule has 1 atom stereocenters. The molecule has 0 aliphatic rings. The summed E-state index contributed by atoms with van der Waals surface area (Å²) >= 11 is 0. The van der Waals surface area contributed by atoms with Gasteiger partial charge in [-0.15, -0.1) is 0 Å². The molecule has 0 spiro atoms. The zero-order chi connectivity index (χ0) is 13.4. The first kappa shape index (κ1) is 14.5. The molecule has 1 aromatic rings. The van der Waals surface area contributed by atoms with Crippen molar-refractivity contribution in [3.05, 3.63) is 35.9 Å². The molecule has 2 amide bonds. The van der Waals surface area contributed by atoms with Gasteiger partial charge in [0, 0.05) is 19.6 Å². The van der Waals surface area contributed by atoms with Crippen LogP contribution in [0.2, 0.25) is 0 Å². The van der Waals surface area contributed by atoms with Crippen LogP contribution in [-0.4, -0.2) is 42.3 Å². The lowest BCUT2D eigenvalue weighted by Crippen LogP contribution is -2.44. The minimum absolute atomic E-state index is 0.0145. The molecule has 100 valence electrons. The summed E-state index contributed by atoms with van der Waals surface area (Å²) < 4.78 is 0. The van der Waals surface area contributed by atoms with Gasteiger partial charge in [0.1, 0.15) is 0 Å². The van der Waals surface area contributed by atoms with E-state index in [9.17, 15) is 4.79 Å². The summed E-state index contributed by atoms with van der Waals surface area (Å²) in [6, 6.07) is 10.1. The van der Waals surface area contributed by atoms with Crippen molar-refractivity contribution in [2.75, 3.05) is 20.2 Å². The van der Waals surface area contributed by atoms with Crippen LogP contribution in [0.15, 0.2) is 30.3 Å². The van der Waals surface area contributed by atoms with Gasteiger partial charge in [-0.05, 0) is 18.4 Å². The maximum Gasteiger partial charge on any atom is 0.317 e. The summed E-state index contributed by atoms with van der Waals surface area (Å²) in [6.07, 6.45) is 1.71. The Morgan fingerprint density at radius 2 is 2.06 bits per heavy atom. The van der Waals surface area contributed by atoms with E-state index in [1.807, 2.05) is 18.2 Å². The van der Waals surface area contributed by atoms with Crippen LogP contribution in [0.1, 0.15) is 18.9 Å². The molecule has 0 radical (unpaired) electrons. The van der Waals surface area contributed by atoms with Gasteiger partial charge in [-0.1, -0.05) is 37.3 Å². The van der Waals surface area contributed by atoms with Crippen LogP contribution in [-0.2, 0) is 6.42 Å². The number of hydrogen-bond donors (Lipinski definition) is 2. The van der Waals surface area contributed by atoms with E-state index in [2.05, 4.69) is 24.4 Å². The molecule has 2 N–H and O–H groups in total. The fourth-order valence-electron chi connectivity index (χ4n) is 1.73. The number of aliphatic hydroxyl groups is 1. The molecule has 4 nitrogen and oxygen atoms in total. The molecule has 1 rings (SSSR count). The molecule has 18 heavy (non-hydrogen) atoms. The second kappa shape index (κ2) is 7.71. The minimum Gasteiger partial charge on any atom is -0.395 e. The molecule has 0 heterocycles. The number of aliphatic hydroxyl groups excluding tert-OH is 1. The first-order valence-corrected chi connectivity index (χ1v) is 6.33. The van der Waals surface area contributed by atoms with Crippen molar-refractivity contribution >= 4 is 6.03 Å². The first-order chi connectivity index (χ1) is 8.67. The quantitative estimate of drug-likeness (QED) is 0.806. The van der Waals surface area contributed by atoms with Crippen LogP contribution in [0.4, 0.5) is 4.79 Å². The van der Waals surface area contributed by atoms with Gasteiger partial charge in [0.25, 0.3) is 0 Å². The summed E-state index contributed by atoms with van der Waals surface area (Å²) in [5, 5.41) is 11.8. The van der Waals surface area contributed by atoms with E-state index in [0.717, 1.165) is 12.8 Å². The van der Waals surface area contributed by atoms with Crippen molar-refractivity contribution in [2.45, 2.75) is 25.8 Å². The first-order valence-electron chi connectivity index (χ1n) is 6.33. The maximum absolute atomic E-state index is 11.8. The van der Waals surface area contributed by atoms with Crippen molar-refractivity contribution in [3.63, 3.8) is 0 Å². The predicted octanol–water partition coefficient (Wildman–Crippen LogP) is 1.64. The molecule has 0 aliphatic carbocycles. The second-order valence-corrected chi connectivity index (χ2v) is 4.39. The van der Waals surface area contributed by atoms with Crippen LogP contribution >= 0.6 is 0 Å². The Bertz CT molecular complexity index is 354. The third-order valence-corrected chi connectivity index (χ3v) is 2.93. The molecule has 4 heteroatoms. The molecular weight excluding hydrogens is 228 g/mol. The predicted molar refractivity (Wildman–Crippen MR) is 72.5 cm³/mol. The van der Waals surface area contributed by atoms with E-state index in [4.69, 9.17) is 5.11 Å².